The van der Waals surface area contributed by atoms with Crippen LogP contribution < -0.4 is 4.90 Å². The van der Waals surface area contributed by atoms with Crippen molar-refractivity contribution in [3.05, 3.63) is 52.6 Å². The minimum Gasteiger partial charge on any atom is -0.457 e. The van der Waals surface area contributed by atoms with Crippen molar-refractivity contribution in [3.63, 3.8) is 0 Å². The fourth-order valence-corrected chi connectivity index (χ4v) is 8.45. The van der Waals surface area contributed by atoms with Gasteiger partial charge in [-0.15, -0.1) is 0 Å². The molecule has 1 aromatic rings. The van der Waals surface area contributed by atoms with Crippen molar-refractivity contribution in [2.75, 3.05) is 46.2 Å². The monoisotopic (exact) mass is 576 g/mol. The zero-order chi connectivity index (χ0) is 30.4. The normalized spacial score (nSPS) is 30.2. The highest BCUT2D eigenvalue weighted by atomic mass is 16.6. The Morgan fingerprint density at radius 2 is 1.71 bits per heavy atom. The van der Waals surface area contributed by atoms with Crippen molar-refractivity contribution in [1.82, 2.24) is 4.90 Å². The first-order valence-corrected chi connectivity index (χ1v) is 15.1. The van der Waals surface area contributed by atoms with Crippen LogP contribution in [0.4, 0.5) is 5.69 Å². The lowest BCUT2D eigenvalue weighted by Gasteiger charge is -2.55. The molecule has 0 aromatic heterocycles. The number of hydrogen-bond donors (Lipinski definition) is 0. The minimum atomic E-state index is -1.38. The summed E-state index contributed by atoms with van der Waals surface area (Å²) < 4.78 is 11.5. The number of ether oxygens (including phenoxy) is 2. The Morgan fingerprint density at radius 3 is 2.36 bits per heavy atom. The van der Waals surface area contributed by atoms with Gasteiger partial charge in [-0.2, -0.15) is 0 Å². The number of fused-ring (bicyclic) bond motifs is 4. The van der Waals surface area contributed by atoms with Gasteiger partial charge in [0.1, 0.15) is 0 Å². The van der Waals surface area contributed by atoms with Crippen LogP contribution in [0.1, 0.15) is 70.3 Å². The highest BCUT2D eigenvalue weighted by Crippen LogP contribution is 2.67. The van der Waals surface area contributed by atoms with Gasteiger partial charge < -0.3 is 14.4 Å². The van der Waals surface area contributed by atoms with Gasteiger partial charge in [-0.1, -0.05) is 24.6 Å². The molecule has 8 heteroatoms. The largest absolute Gasteiger partial charge is 0.457 e. The van der Waals surface area contributed by atoms with Crippen LogP contribution >= 0.6 is 0 Å². The van der Waals surface area contributed by atoms with E-state index in [1.54, 1.807) is 19.0 Å². The summed E-state index contributed by atoms with van der Waals surface area (Å²) in [4.78, 5) is 55.2. The van der Waals surface area contributed by atoms with Crippen molar-refractivity contribution in [2.45, 2.75) is 70.3 Å². The number of allylic oxidation sites excluding steroid dienone is 4. The summed E-state index contributed by atoms with van der Waals surface area (Å²) in [6.07, 6.45) is 6.64. The molecule has 5 atom stereocenters. The van der Waals surface area contributed by atoms with E-state index >= 15 is 0 Å². The molecule has 0 saturated heterocycles. The Hall–Kier alpha value is -3.26. The molecule has 2 fully saturated rings. The van der Waals surface area contributed by atoms with Gasteiger partial charge in [-0.3, -0.25) is 24.1 Å². The maximum Gasteiger partial charge on any atom is 0.320 e. The Balaban J connectivity index is 1.59. The van der Waals surface area contributed by atoms with Crippen LogP contribution in [0.3, 0.4) is 0 Å². The maximum absolute atomic E-state index is 14.1. The van der Waals surface area contributed by atoms with E-state index in [4.69, 9.17) is 9.47 Å². The number of ketones is 2. The Kier molecular flexibility index (Phi) is 8.23. The number of carbonyl (C=O) groups excluding carboxylic acids is 4. The average Bonchev–Trinajstić information content (AvgIpc) is 3.22. The Labute approximate surface area is 249 Å². The van der Waals surface area contributed by atoms with E-state index in [-0.39, 0.29) is 35.9 Å². The first-order chi connectivity index (χ1) is 19.9. The average molecular weight is 577 g/mol. The zero-order valence-electron chi connectivity index (χ0n) is 25.8. The summed E-state index contributed by atoms with van der Waals surface area (Å²) in [6, 6.07) is 8.59. The number of rotatable bonds is 8. The van der Waals surface area contributed by atoms with E-state index in [2.05, 4.69) is 36.1 Å². The molecule has 0 heterocycles. The van der Waals surface area contributed by atoms with Crippen molar-refractivity contribution in [1.29, 1.82) is 0 Å². The fourth-order valence-electron chi connectivity index (χ4n) is 8.45. The van der Waals surface area contributed by atoms with Crippen LogP contribution in [0.25, 0.3) is 0 Å². The van der Waals surface area contributed by atoms with E-state index in [1.807, 2.05) is 20.2 Å². The topological polar surface area (TPSA) is 93.2 Å². The molecule has 0 amide bonds. The molecule has 0 radical (unpaired) electrons. The van der Waals surface area contributed by atoms with Crippen LogP contribution in [0.2, 0.25) is 0 Å². The molecule has 226 valence electrons. The summed E-state index contributed by atoms with van der Waals surface area (Å²) in [7, 11) is 7.56. The smallest absolute Gasteiger partial charge is 0.320 e. The van der Waals surface area contributed by atoms with Gasteiger partial charge in [-0.25, -0.2) is 0 Å². The van der Waals surface area contributed by atoms with E-state index in [1.165, 1.54) is 29.2 Å². The van der Waals surface area contributed by atoms with E-state index in [0.29, 0.717) is 19.3 Å². The standard InChI is InChI=1S/C34H44N2O6/c1-21(37)42-34(30(39)20-41-31(40)19-35(3)4)16-15-29-27-13-9-23-17-25(38)12-14-26(23)32(27)28(18-33(29,34)2)22-7-10-24(11-8-22)36(5)6/h7-8,10-11,17,27-29H,9,12-16,18-20H2,1-6H3/t27-,28+,29-,33-,34-/m0/s1. The second-order valence-electron chi connectivity index (χ2n) is 13.3. The van der Waals surface area contributed by atoms with Gasteiger partial charge in [0.2, 0.25) is 5.78 Å². The van der Waals surface area contributed by atoms with Gasteiger partial charge in [0.05, 0.1) is 6.54 Å². The molecule has 42 heavy (non-hydrogen) atoms. The molecule has 8 nitrogen and oxygen atoms in total. The molecule has 0 N–H and O–H groups in total. The van der Waals surface area contributed by atoms with Gasteiger partial charge >= 0.3 is 11.9 Å². The number of hydrogen-bond acceptors (Lipinski definition) is 8. The van der Waals surface area contributed by atoms with Gasteiger partial charge in [-0.05, 0) is 99.4 Å². The molecule has 4 aliphatic carbocycles. The van der Waals surface area contributed by atoms with Gasteiger partial charge in [0, 0.05) is 44.5 Å². The van der Waals surface area contributed by atoms with Crippen molar-refractivity contribution < 1.29 is 28.7 Å². The third kappa shape index (κ3) is 5.23. The third-order valence-electron chi connectivity index (χ3n) is 10.2. The SMILES string of the molecule is CC(=O)O[C@]1(C(=O)COC(=O)CN(C)C)CC[C@H]2[C@@H]3CCC4=CC(=O)CCC4=C3[C@@H](c3ccc(N(C)C)cc3)C[C@@]21C. The number of esters is 2. The number of likely N-dealkylation sites (N-methyl/N-ethyl adjacent to an activating group) is 1. The first kappa shape index (κ1) is 30.2. The molecule has 0 bridgehead atoms. The maximum atomic E-state index is 14.1. The predicted octanol–water partition coefficient (Wildman–Crippen LogP) is 4.63. The number of Topliss-reactive ketones (excluding diaryl/α,β-unsaturated/α-hetero) is 1. The van der Waals surface area contributed by atoms with Gasteiger partial charge in [0.15, 0.2) is 18.0 Å². The molecule has 0 spiro atoms. The molecule has 5 rings (SSSR count). The minimum absolute atomic E-state index is 0.0106. The predicted molar refractivity (Wildman–Crippen MR) is 160 cm³/mol. The number of carbonyl (C=O) groups is 4. The van der Waals surface area contributed by atoms with Crippen LogP contribution in [-0.2, 0) is 28.7 Å². The van der Waals surface area contributed by atoms with Crippen molar-refractivity contribution in [3.8, 4) is 0 Å². The van der Waals surface area contributed by atoms with Crippen molar-refractivity contribution in [2.24, 2.45) is 17.3 Å². The van der Waals surface area contributed by atoms with E-state index < -0.39 is 29.6 Å². The highest BCUT2D eigenvalue weighted by molar-refractivity contribution is 5.94. The fraction of sp³-hybridized carbons (Fsp3) is 0.588. The van der Waals surface area contributed by atoms with E-state index in [9.17, 15) is 19.2 Å². The second-order valence-corrected chi connectivity index (χ2v) is 13.3. The lowest BCUT2D eigenvalue weighted by atomic mass is 9.50. The summed E-state index contributed by atoms with van der Waals surface area (Å²) in [5.41, 5.74) is 4.13. The number of anilines is 1. The zero-order valence-corrected chi connectivity index (χ0v) is 25.8. The van der Waals surface area contributed by atoms with Gasteiger partial charge in [0.25, 0.3) is 0 Å². The molecule has 1 aromatic carbocycles. The lowest BCUT2D eigenvalue weighted by molar-refractivity contribution is -0.186. The highest BCUT2D eigenvalue weighted by Gasteiger charge is 2.68. The molecule has 0 aliphatic heterocycles. The molecular formula is C34H44N2O6. The second kappa shape index (κ2) is 11.4. The Morgan fingerprint density at radius 1 is 1.00 bits per heavy atom. The third-order valence-corrected chi connectivity index (χ3v) is 10.2. The molecular weight excluding hydrogens is 532 g/mol. The Bertz CT molecular complexity index is 1340. The molecule has 2 saturated carbocycles. The quantitative estimate of drug-likeness (QED) is 0.414. The number of benzene rings is 1. The van der Waals surface area contributed by atoms with Crippen LogP contribution in [0.15, 0.2) is 47.1 Å². The summed E-state index contributed by atoms with van der Waals surface area (Å²) in [6.45, 7) is 3.12. The summed E-state index contributed by atoms with van der Waals surface area (Å²) in [5.74, 6) is -0.783. The summed E-state index contributed by atoms with van der Waals surface area (Å²) in [5, 5.41) is 0. The summed E-state index contributed by atoms with van der Waals surface area (Å²) >= 11 is 0. The van der Waals surface area contributed by atoms with Crippen LogP contribution in [0.5, 0.6) is 0 Å². The van der Waals surface area contributed by atoms with Crippen LogP contribution in [0, 0.1) is 17.3 Å². The molecule has 0 unspecified atom stereocenters. The number of nitrogens with zero attached hydrogens (tertiary/aromatic N) is 2. The van der Waals surface area contributed by atoms with Crippen molar-refractivity contribution >= 4 is 29.2 Å². The first-order valence-electron chi connectivity index (χ1n) is 15.1. The van der Waals surface area contributed by atoms with Crippen LogP contribution in [-0.4, -0.2) is 75.3 Å². The lowest BCUT2D eigenvalue weighted by Crippen LogP contribution is -2.58. The molecule has 4 aliphatic rings. The van der Waals surface area contributed by atoms with E-state index in [0.717, 1.165) is 31.4 Å².